The molecule has 0 radical (unpaired) electrons. The summed E-state index contributed by atoms with van der Waals surface area (Å²) < 4.78 is 0. The zero-order chi connectivity index (χ0) is 20.6. The van der Waals surface area contributed by atoms with E-state index >= 15 is 0 Å². The Kier molecular flexibility index (Phi) is 8.17. The van der Waals surface area contributed by atoms with Gasteiger partial charge in [-0.3, -0.25) is 10.1 Å². The fourth-order valence-corrected chi connectivity index (χ4v) is 3.75. The summed E-state index contributed by atoms with van der Waals surface area (Å²) in [7, 11) is 0. The topological polar surface area (TPSA) is 29.1 Å². The Bertz CT molecular complexity index is 1050. The van der Waals surface area contributed by atoms with Gasteiger partial charge in [-0.15, -0.1) is 12.4 Å². The number of benzene rings is 4. The predicted octanol–water partition coefficient (Wildman–Crippen LogP) is 6.61. The zero-order valence-corrected chi connectivity index (χ0v) is 18.0. The van der Waals surface area contributed by atoms with Crippen LogP contribution in [0, 0.1) is 0 Å². The van der Waals surface area contributed by atoms with Crippen LogP contribution in [0.2, 0.25) is 0 Å². The van der Waals surface area contributed by atoms with Gasteiger partial charge in [-0.05, 0) is 23.1 Å². The van der Waals surface area contributed by atoms with Crippen LogP contribution in [0.3, 0.4) is 0 Å². The molecule has 2 nitrogen and oxygen atoms in total. The average molecular weight is 428 g/mol. The van der Waals surface area contributed by atoms with E-state index in [1.54, 1.807) is 0 Å². The summed E-state index contributed by atoms with van der Waals surface area (Å²) >= 11 is 0. The number of carbonyl (C=O) groups is 1. The Labute approximate surface area is 190 Å². The van der Waals surface area contributed by atoms with E-state index in [9.17, 15) is 4.79 Å². The van der Waals surface area contributed by atoms with E-state index < -0.39 is 6.04 Å². The van der Waals surface area contributed by atoms with Crippen LogP contribution >= 0.6 is 12.4 Å². The van der Waals surface area contributed by atoms with Crippen LogP contribution < -0.4 is 5.32 Å². The van der Waals surface area contributed by atoms with E-state index in [1.807, 2.05) is 84.9 Å². The lowest BCUT2D eigenvalue weighted by Crippen LogP contribution is -2.33. The Hall–Kier alpha value is -3.20. The van der Waals surface area contributed by atoms with Crippen molar-refractivity contribution in [1.29, 1.82) is 0 Å². The highest BCUT2D eigenvalue weighted by atomic mass is 35.5. The van der Waals surface area contributed by atoms with Gasteiger partial charge in [0.05, 0.1) is 6.04 Å². The van der Waals surface area contributed by atoms with Crippen molar-refractivity contribution in [2.24, 2.45) is 0 Å². The number of hydrogen-bond donors (Lipinski definition) is 1. The zero-order valence-electron chi connectivity index (χ0n) is 17.2. The van der Waals surface area contributed by atoms with Crippen LogP contribution in [-0.2, 0) is 6.42 Å². The molecule has 3 heteroatoms. The summed E-state index contributed by atoms with van der Waals surface area (Å²) in [4.78, 5) is 13.5. The lowest BCUT2D eigenvalue weighted by atomic mass is 9.93. The van der Waals surface area contributed by atoms with Gasteiger partial charge in [-0.1, -0.05) is 121 Å². The van der Waals surface area contributed by atoms with Crippen molar-refractivity contribution < 1.29 is 4.79 Å². The van der Waals surface area contributed by atoms with Gasteiger partial charge in [0, 0.05) is 11.6 Å². The quantitative estimate of drug-likeness (QED) is 0.321. The average Bonchev–Trinajstić information content (AvgIpc) is 2.83. The van der Waals surface area contributed by atoms with Gasteiger partial charge in [0.15, 0.2) is 5.78 Å². The predicted molar refractivity (Wildman–Crippen MR) is 130 cm³/mol. The van der Waals surface area contributed by atoms with Crippen LogP contribution in [0.15, 0.2) is 121 Å². The maximum atomic E-state index is 13.5. The summed E-state index contributed by atoms with van der Waals surface area (Å²) in [6.45, 7) is 0. The van der Waals surface area contributed by atoms with Gasteiger partial charge >= 0.3 is 0 Å². The van der Waals surface area contributed by atoms with E-state index in [4.69, 9.17) is 0 Å². The number of halogens is 1. The monoisotopic (exact) mass is 427 g/mol. The standard InChI is InChI=1S/C28H25NO.ClH/c30-28(25-19-11-4-12-20-25)27(24-17-9-3-10-18-24)29-26(23-15-7-2-8-16-23)21-22-13-5-1-6-14-22;/h1-20,26-27,29H,21H2;1H. The van der Waals surface area contributed by atoms with Crippen LogP contribution in [-0.4, -0.2) is 5.78 Å². The molecule has 0 amide bonds. The van der Waals surface area contributed by atoms with Crippen molar-refractivity contribution in [2.75, 3.05) is 0 Å². The molecule has 0 saturated heterocycles. The fraction of sp³-hybridized carbons (Fsp3) is 0.107. The summed E-state index contributed by atoms with van der Waals surface area (Å²) in [5.74, 6) is 0.0794. The van der Waals surface area contributed by atoms with Gasteiger partial charge < -0.3 is 0 Å². The summed E-state index contributed by atoms with van der Waals surface area (Å²) in [6.07, 6.45) is 0.802. The summed E-state index contributed by atoms with van der Waals surface area (Å²) in [6, 6.07) is 39.8. The molecule has 0 heterocycles. The van der Waals surface area contributed by atoms with Crippen LogP contribution in [0.4, 0.5) is 0 Å². The number of nitrogens with one attached hydrogen (secondary N) is 1. The molecule has 156 valence electrons. The van der Waals surface area contributed by atoms with Crippen LogP contribution in [0.25, 0.3) is 0 Å². The van der Waals surface area contributed by atoms with E-state index in [1.165, 1.54) is 11.1 Å². The normalized spacial score (nSPS) is 12.4. The van der Waals surface area contributed by atoms with Gasteiger partial charge in [0.2, 0.25) is 0 Å². The number of rotatable bonds is 8. The Morgan fingerprint density at radius 2 is 1.06 bits per heavy atom. The molecule has 0 spiro atoms. The molecule has 0 aliphatic carbocycles. The Morgan fingerprint density at radius 3 is 1.61 bits per heavy atom. The van der Waals surface area contributed by atoms with Gasteiger partial charge in [-0.25, -0.2) is 0 Å². The van der Waals surface area contributed by atoms with Crippen molar-refractivity contribution in [1.82, 2.24) is 5.32 Å². The second-order valence-corrected chi connectivity index (χ2v) is 7.39. The molecule has 2 atom stereocenters. The molecule has 0 fully saturated rings. The SMILES string of the molecule is Cl.O=C(c1ccccc1)C(NC(Cc1ccccc1)c1ccccc1)c1ccccc1. The molecule has 4 aromatic carbocycles. The van der Waals surface area contributed by atoms with Gasteiger partial charge in [-0.2, -0.15) is 0 Å². The molecule has 0 saturated carbocycles. The third-order valence-electron chi connectivity index (χ3n) is 5.31. The van der Waals surface area contributed by atoms with Crippen LogP contribution in [0.5, 0.6) is 0 Å². The minimum absolute atomic E-state index is 0. The first-order valence-corrected chi connectivity index (χ1v) is 10.3. The second kappa shape index (κ2) is 11.3. The number of carbonyl (C=O) groups excluding carboxylic acids is 1. The summed E-state index contributed by atoms with van der Waals surface area (Å²) in [5.41, 5.74) is 4.09. The maximum Gasteiger partial charge on any atom is 0.184 e. The molecule has 0 aliphatic rings. The smallest absolute Gasteiger partial charge is 0.184 e. The molecule has 4 aromatic rings. The molecule has 0 aromatic heterocycles. The molecular weight excluding hydrogens is 402 g/mol. The molecule has 0 bridgehead atoms. The number of ketones is 1. The molecule has 4 rings (SSSR count). The van der Waals surface area contributed by atoms with Crippen molar-refractivity contribution in [3.8, 4) is 0 Å². The minimum Gasteiger partial charge on any atom is -0.296 e. The molecule has 1 N–H and O–H groups in total. The van der Waals surface area contributed by atoms with Crippen molar-refractivity contribution in [3.63, 3.8) is 0 Å². The summed E-state index contributed by atoms with van der Waals surface area (Å²) in [5, 5.41) is 3.68. The third-order valence-corrected chi connectivity index (χ3v) is 5.31. The van der Waals surface area contributed by atoms with Crippen molar-refractivity contribution in [2.45, 2.75) is 18.5 Å². The first kappa shape index (κ1) is 22.5. The third kappa shape index (κ3) is 5.91. The molecular formula is C28H26ClNO. The van der Waals surface area contributed by atoms with Crippen molar-refractivity contribution >= 4 is 18.2 Å². The molecule has 2 unspecified atom stereocenters. The lowest BCUT2D eigenvalue weighted by Gasteiger charge is -2.26. The Morgan fingerprint density at radius 1 is 0.613 bits per heavy atom. The minimum atomic E-state index is -0.428. The first-order valence-electron chi connectivity index (χ1n) is 10.3. The maximum absolute atomic E-state index is 13.5. The Balaban J connectivity index is 0.00000272. The highest BCUT2D eigenvalue weighted by Gasteiger charge is 2.25. The van der Waals surface area contributed by atoms with E-state index in [0.717, 1.165) is 12.0 Å². The highest BCUT2D eigenvalue weighted by molar-refractivity contribution is 6.00. The van der Waals surface area contributed by atoms with E-state index in [0.29, 0.717) is 5.56 Å². The molecule has 31 heavy (non-hydrogen) atoms. The van der Waals surface area contributed by atoms with E-state index in [-0.39, 0.29) is 24.2 Å². The second-order valence-electron chi connectivity index (χ2n) is 7.39. The van der Waals surface area contributed by atoms with Gasteiger partial charge in [0.25, 0.3) is 0 Å². The van der Waals surface area contributed by atoms with Crippen molar-refractivity contribution in [3.05, 3.63) is 144 Å². The van der Waals surface area contributed by atoms with E-state index in [2.05, 4.69) is 41.7 Å². The number of hydrogen-bond acceptors (Lipinski definition) is 2. The first-order chi connectivity index (χ1) is 14.8. The van der Waals surface area contributed by atoms with Crippen LogP contribution in [0.1, 0.15) is 39.1 Å². The fourth-order valence-electron chi connectivity index (χ4n) is 3.75. The largest absolute Gasteiger partial charge is 0.296 e. The van der Waals surface area contributed by atoms with Gasteiger partial charge in [0.1, 0.15) is 0 Å². The number of Topliss-reactive ketones (excluding diaryl/α,β-unsaturated/α-hetero) is 1. The lowest BCUT2D eigenvalue weighted by molar-refractivity contribution is 0.0935. The highest BCUT2D eigenvalue weighted by Crippen LogP contribution is 2.26. The molecule has 0 aliphatic heterocycles.